The lowest BCUT2D eigenvalue weighted by molar-refractivity contribution is 0.243. The molecule has 0 radical (unpaired) electrons. The van der Waals surface area contributed by atoms with Crippen LogP contribution in [0.1, 0.15) is 12.8 Å². The Hall–Kier alpha value is -2.53. The van der Waals surface area contributed by atoms with Gasteiger partial charge in [0.05, 0.1) is 6.61 Å². The number of rotatable bonds is 6. The number of halogens is 1. The van der Waals surface area contributed by atoms with Crippen molar-refractivity contribution in [1.82, 2.24) is 10.2 Å². The van der Waals surface area contributed by atoms with Crippen LogP contribution in [0.2, 0.25) is 5.02 Å². The minimum atomic E-state index is 0.164. The van der Waals surface area contributed by atoms with Crippen molar-refractivity contribution >= 4 is 11.6 Å². The Kier molecular flexibility index (Phi) is 4.78. The Bertz CT molecular complexity index is 789. The molecule has 1 heterocycles. The maximum absolute atomic E-state index is 5.96. The van der Waals surface area contributed by atoms with Gasteiger partial charge in [0.15, 0.2) is 18.1 Å². The van der Waals surface area contributed by atoms with E-state index in [-0.39, 0.29) is 6.61 Å². The highest BCUT2D eigenvalue weighted by atomic mass is 35.5. The second-order valence-electron chi connectivity index (χ2n) is 4.68. The largest absolute Gasteiger partial charge is 0.490 e. The molecule has 3 rings (SSSR count). The van der Waals surface area contributed by atoms with Gasteiger partial charge in [-0.15, -0.1) is 10.2 Å². The molecule has 0 atom stereocenters. The third-order valence-electron chi connectivity index (χ3n) is 3.04. The second-order valence-corrected chi connectivity index (χ2v) is 5.12. The highest BCUT2D eigenvalue weighted by molar-refractivity contribution is 6.30. The molecule has 0 aliphatic heterocycles. The van der Waals surface area contributed by atoms with Crippen molar-refractivity contribution in [3.05, 3.63) is 59.4 Å². The summed E-state index contributed by atoms with van der Waals surface area (Å²) in [6, 6.07) is 14.7. The van der Waals surface area contributed by atoms with E-state index in [9.17, 15) is 0 Å². The fourth-order valence-corrected chi connectivity index (χ4v) is 2.22. The zero-order valence-corrected chi connectivity index (χ0v) is 13.3. The van der Waals surface area contributed by atoms with Crippen molar-refractivity contribution in [3.8, 4) is 23.0 Å². The molecule has 0 N–H and O–H groups in total. The summed E-state index contributed by atoms with van der Waals surface area (Å²) in [6.45, 7) is 2.66. The molecule has 118 valence electrons. The van der Waals surface area contributed by atoms with Gasteiger partial charge >= 0.3 is 0 Å². The predicted molar refractivity (Wildman–Crippen MR) is 86.7 cm³/mol. The van der Waals surface area contributed by atoms with Gasteiger partial charge in [-0.05, 0) is 37.3 Å². The van der Waals surface area contributed by atoms with Crippen molar-refractivity contribution in [2.45, 2.75) is 13.5 Å². The van der Waals surface area contributed by atoms with E-state index in [0.717, 1.165) is 5.56 Å². The molecule has 1 aromatic heterocycles. The van der Waals surface area contributed by atoms with Crippen LogP contribution >= 0.6 is 11.6 Å². The Labute approximate surface area is 138 Å². The standard InChI is InChI=1S/C17H15ClN2O3/c1-2-21-14-8-3-4-9-15(14)22-11-16-19-20-17(23-16)12-6-5-7-13(18)10-12/h3-10H,2,11H2,1H3. The SMILES string of the molecule is CCOc1ccccc1OCc1nnc(-c2cccc(Cl)c2)o1. The molecule has 0 aliphatic rings. The first-order valence-electron chi connectivity index (χ1n) is 7.19. The summed E-state index contributed by atoms with van der Waals surface area (Å²) in [5.41, 5.74) is 0.769. The summed E-state index contributed by atoms with van der Waals surface area (Å²) in [5.74, 6) is 2.11. The Morgan fingerprint density at radius 3 is 2.52 bits per heavy atom. The minimum Gasteiger partial charge on any atom is -0.490 e. The number of hydrogen-bond acceptors (Lipinski definition) is 5. The molecule has 3 aromatic rings. The van der Waals surface area contributed by atoms with Crippen molar-refractivity contribution < 1.29 is 13.9 Å². The van der Waals surface area contributed by atoms with E-state index in [4.69, 9.17) is 25.5 Å². The molecule has 0 saturated carbocycles. The van der Waals surface area contributed by atoms with Crippen LogP contribution in [0.5, 0.6) is 11.5 Å². The molecule has 0 fully saturated rings. The maximum Gasteiger partial charge on any atom is 0.254 e. The third kappa shape index (κ3) is 3.81. The minimum absolute atomic E-state index is 0.164. The smallest absolute Gasteiger partial charge is 0.254 e. The Morgan fingerprint density at radius 1 is 1.00 bits per heavy atom. The molecular weight excluding hydrogens is 316 g/mol. The topological polar surface area (TPSA) is 57.4 Å². The van der Waals surface area contributed by atoms with Crippen LogP contribution in [-0.2, 0) is 6.61 Å². The molecule has 2 aromatic carbocycles. The molecule has 0 aliphatic carbocycles. The monoisotopic (exact) mass is 330 g/mol. The zero-order chi connectivity index (χ0) is 16.1. The molecular formula is C17H15ClN2O3. The Balaban J connectivity index is 1.70. The van der Waals surface area contributed by atoms with E-state index in [1.807, 2.05) is 43.3 Å². The van der Waals surface area contributed by atoms with E-state index < -0.39 is 0 Å². The first-order valence-corrected chi connectivity index (χ1v) is 7.57. The lowest BCUT2D eigenvalue weighted by Gasteiger charge is -2.09. The van der Waals surface area contributed by atoms with Gasteiger partial charge in [-0.25, -0.2) is 0 Å². The van der Waals surface area contributed by atoms with Gasteiger partial charge in [0.25, 0.3) is 5.89 Å². The molecule has 0 amide bonds. The molecule has 0 saturated heterocycles. The molecule has 0 spiro atoms. The van der Waals surface area contributed by atoms with Gasteiger partial charge in [0, 0.05) is 10.6 Å². The van der Waals surface area contributed by atoms with Gasteiger partial charge < -0.3 is 13.9 Å². The summed E-state index contributed by atoms with van der Waals surface area (Å²) in [7, 11) is 0. The summed E-state index contributed by atoms with van der Waals surface area (Å²) >= 11 is 5.96. The highest BCUT2D eigenvalue weighted by Crippen LogP contribution is 2.27. The van der Waals surface area contributed by atoms with Crippen molar-refractivity contribution in [1.29, 1.82) is 0 Å². The van der Waals surface area contributed by atoms with Gasteiger partial charge in [-0.2, -0.15) is 0 Å². The van der Waals surface area contributed by atoms with Crippen molar-refractivity contribution in [2.24, 2.45) is 0 Å². The lowest BCUT2D eigenvalue weighted by atomic mass is 10.2. The fraction of sp³-hybridized carbons (Fsp3) is 0.176. The summed E-state index contributed by atoms with van der Waals surface area (Å²) in [5, 5.41) is 8.61. The van der Waals surface area contributed by atoms with Crippen molar-refractivity contribution in [2.75, 3.05) is 6.61 Å². The normalized spacial score (nSPS) is 10.5. The average molecular weight is 331 g/mol. The number of nitrogens with zero attached hydrogens (tertiary/aromatic N) is 2. The molecule has 6 heteroatoms. The first-order chi connectivity index (χ1) is 11.3. The van der Waals surface area contributed by atoms with E-state index >= 15 is 0 Å². The zero-order valence-electron chi connectivity index (χ0n) is 12.5. The van der Waals surface area contributed by atoms with Crippen LogP contribution in [-0.4, -0.2) is 16.8 Å². The summed E-state index contributed by atoms with van der Waals surface area (Å²) in [6.07, 6.45) is 0. The van der Waals surface area contributed by atoms with E-state index in [1.54, 1.807) is 12.1 Å². The molecule has 23 heavy (non-hydrogen) atoms. The number of benzene rings is 2. The van der Waals surface area contributed by atoms with Gasteiger partial charge in [0.2, 0.25) is 5.89 Å². The lowest BCUT2D eigenvalue weighted by Crippen LogP contribution is -1.99. The second kappa shape index (κ2) is 7.15. The van der Waals surface area contributed by atoms with Crippen LogP contribution in [0.25, 0.3) is 11.5 Å². The average Bonchev–Trinajstić information content (AvgIpc) is 3.03. The number of aromatic nitrogens is 2. The molecule has 0 unspecified atom stereocenters. The van der Waals surface area contributed by atoms with Gasteiger partial charge in [-0.1, -0.05) is 29.8 Å². The van der Waals surface area contributed by atoms with Crippen LogP contribution < -0.4 is 9.47 Å². The fourth-order valence-electron chi connectivity index (χ4n) is 2.03. The van der Waals surface area contributed by atoms with E-state index in [2.05, 4.69) is 10.2 Å². The highest BCUT2D eigenvalue weighted by Gasteiger charge is 2.11. The number of ether oxygens (including phenoxy) is 2. The van der Waals surface area contributed by atoms with Crippen LogP contribution in [0.4, 0.5) is 0 Å². The van der Waals surface area contributed by atoms with E-state index in [0.29, 0.717) is 34.9 Å². The molecule has 5 nitrogen and oxygen atoms in total. The van der Waals surface area contributed by atoms with Crippen LogP contribution in [0, 0.1) is 0 Å². The molecule has 0 bridgehead atoms. The Morgan fingerprint density at radius 2 is 1.78 bits per heavy atom. The van der Waals surface area contributed by atoms with Gasteiger partial charge in [0.1, 0.15) is 0 Å². The van der Waals surface area contributed by atoms with Crippen LogP contribution in [0.15, 0.2) is 52.9 Å². The first kappa shape index (κ1) is 15.4. The van der Waals surface area contributed by atoms with Gasteiger partial charge in [-0.3, -0.25) is 0 Å². The maximum atomic E-state index is 5.96. The quantitative estimate of drug-likeness (QED) is 0.671. The predicted octanol–water partition coefficient (Wildman–Crippen LogP) is 4.37. The third-order valence-corrected chi connectivity index (χ3v) is 3.27. The van der Waals surface area contributed by atoms with E-state index in [1.165, 1.54) is 0 Å². The number of para-hydroxylation sites is 2. The van der Waals surface area contributed by atoms with Crippen LogP contribution in [0.3, 0.4) is 0 Å². The van der Waals surface area contributed by atoms with Crippen molar-refractivity contribution in [3.63, 3.8) is 0 Å². The summed E-state index contributed by atoms with van der Waals surface area (Å²) < 4.78 is 16.8. The number of hydrogen-bond donors (Lipinski definition) is 0. The summed E-state index contributed by atoms with van der Waals surface area (Å²) in [4.78, 5) is 0.